The van der Waals surface area contributed by atoms with Crippen molar-refractivity contribution in [2.75, 3.05) is 6.61 Å². The van der Waals surface area contributed by atoms with Crippen molar-refractivity contribution in [3.05, 3.63) is 52.2 Å². The van der Waals surface area contributed by atoms with Crippen LogP contribution in [0.3, 0.4) is 0 Å². The molecule has 1 aliphatic carbocycles. The van der Waals surface area contributed by atoms with Gasteiger partial charge >= 0.3 is 12.1 Å². The van der Waals surface area contributed by atoms with Crippen molar-refractivity contribution in [1.29, 1.82) is 0 Å². The van der Waals surface area contributed by atoms with Crippen molar-refractivity contribution < 1.29 is 36.4 Å². The zero-order valence-corrected chi connectivity index (χ0v) is 13.5. The smallest absolute Gasteiger partial charge is 0.416 e. The van der Waals surface area contributed by atoms with E-state index in [-0.39, 0.29) is 29.9 Å². The van der Waals surface area contributed by atoms with E-state index in [1.165, 1.54) is 0 Å². The fourth-order valence-electron chi connectivity index (χ4n) is 2.50. The van der Waals surface area contributed by atoms with Crippen LogP contribution in [0.4, 0.5) is 17.6 Å². The predicted octanol–water partition coefficient (Wildman–Crippen LogP) is 4.12. The number of carbonyl (C=O) groups excluding carboxylic acids is 2. The van der Waals surface area contributed by atoms with Gasteiger partial charge in [0.15, 0.2) is 5.76 Å². The average Bonchev–Trinajstić information content (AvgIpc) is 3.31. The van der Waals surface area contributed by atoms with Crippen molar-refractivity contribution in [3.63, 3.8) is 0 Å². The van der Waals surface area contributed by atoms with Gasteiger partial charge in [0.1, 0.15) is 11.4 Å². The number of halogens is 4. The fraction of sp³-hybridized carbons (Fsp3) is 0.353. The van der Waals surface area contributed by atoms with Gasteiger partial charge in [0.2, 0.25) is 11.5 Å². The van der Waals surface area contributed by atoms with E-state index in [2.05, 4.69) is 5.16 Å². The molecule has 1 aromatic heterocycles. The molecule has 0 bridgehead atoms. The van der Waals surface area contributed by atoms with E-state index in [4.69, 9.17) is 9.26 Å². The molecule has 2 aromatic rings. The number of ether oxygens (including phenoxy) is 1. The number of alkyl halides is 3. The monoisotopic (exact) mass is 371 g/mol. The Bertz CT molecular complexity index is 868. The first-order chi connectivity index (χ1) is 12.2. The first kappa shape index (κ1) is 18.1. The minimum Gasteiger partial charge on any atom is -0.461 e. The molecule has 0 spiro atoms. The molecule has 0 unspecified atom stereocenters. The maximum absolute atomic E-state index is 14.2. The number of hydrogen-bond acceptors (Lipinski definition) is 5. The van der Waals surface area contributed by atoms with Crippen LogP contribution in [0.5, 0.6) is 0 Å². The van der Waals surface area contributed by atoms with E-state index in [1.54, 1.807) is 6.92 Å². The predicted molar refractivity (Wildman–Crippen MR) is 79.3 cm³/mol. The van der Waals surface area contributed by atoms with Crippen LogP contribution in [-0.2, 0) is 10.9 Å². The van der Waals surface area contributed by atoms with Gasteiger partial charge in [0.25, 0.3) is 0 Å². The molecule has 3 rings (SSSR count). The van der Waals surface area contributed by atoms with Crippen molar-refractivity contribution in [3.8, 4) is 0 Å². The first-order valence-corrected chi connectivity index (χ1v) is 7.82. The van der Waals surface area contributed by atoms with Gasteiger partial charge in [0.05, 0.1) is 17.7 Å². The van der Waals surface area contributed by atoms with Crippen LogP contribution in [0.1, 0.15) is 63.4 Å². The highest BCUT2D eigenvalue weighted by Gasteiger charge is 2.38. The molecule has 0 radical (unpaired) electrons. The van der Waals surface area contributed by atoms with Crippen LogP contribution in [-0.4, -0.2) is 23.5 Å². The lowest BCUT2D eigenvalue weighted by atomic mass is 9.98. The number of esters is 1. The summed E-state index contributed by atoms with van der Waals surface area (Å²) < 4.78 is 62.1. The van der Waals surface area contributed by atoms with Crippen LogP contribution in [0.25, 0.3) is 0 Å². The van der Waals surface area contributed by atoms with E-state index < -0.39 is 40.6 Å². The summed E-state index contributed by atoms with van der Waals surface area (Å²) in [7, 11) is 0. The molecule has 0 amide bonds. The summed E-state index contributed by atoms with van der Waals surface area (Å²) in [6, 6.07) is 1.57. The molecule has 0 saturated heterocycles. The Kier molecular flexibility index (Phi) is 4.55. The largest absolute Gasteiger partial charge is 0.461 e. The quantitative estimate of drug-likeness (QED) is 0.449. The van der Waals surface area contributed by atoms with Gasteiger partial charge in [-0.25, -0.2) is 9.18 Å². The normalized spacial score (nSPS) is 14.3. The van der Waals surface area contributed by atoms with Gasteiger partial charge in [-0.3, -0.25) is 4.79 Å². The second kappa shape index (κ2) is 6.54. The van der Waals surface area contributed by atoms with Gasteiger partial charge < -0.3 is 9.26 Å². The van der Waals surface area contributed by atoms with Crippen LogP contribution >= 0.6 is 0 Å². The van der Waals surface area contributed by atoms with Crippen molar-refractivity contribution in [2.45, 2.75) is 31.9 Å². The van der Waals surface area contributed by atoms with E-state index in [1.807, 2.05) is 0 Å². The highest BCUT2D eigenvalue weighted by atomic mass is 19.4. The molecule has 138 valence electrons. The van der Waals surface area contributed by atoms with Crippen molar-refractivity contribution in [2.24, 2.45) is 0 Å². The number of hydrogen-bond donors (Lipinski definition) is 0. The van der Waals surface area contributed by atoms with Crippen molar-refractivity contribution >= 4 is 11.8 Å². The molecule has 26 heavy (non-hydrogen) atoms. The lowest BCUT2D eigenvalue weighted by Crippen LogP contribution is -2.15. The van der Waals surface area contributed by atoms with E-state index >= 15 is 0 Å². The zero-order valence-electron chi connectivity index (χ0n) is 13.5. The summed E-state index contributed by atoms with van der Waals surface area (Å²) >= 11 is 0. The van der Waals surface area contributed by atoms with Gasteiger partial charge in [-0.1, -0.05) is 5.16 Å². The molecule has 0 N–H and O–H groups in total. The molecule has 1 aliphatic rings. The Morgan fingerprint density at radius 1 is 1.31 bits per heavy atom. The number of rotatable bonds is 5. The lowest BCUT2D eigenvalue weighted by Gasteiger charge is -2.09. The summed E-state index contributed by atoms with van der Waals surface area (Å²) in [5.41, 5.74) is -2.48. The molecule has 0 aliphatic heterocycles. The third-order valence-corrected chi connectivity index (χ3v) is 3.90. The van der Waals surface area contributed by atoms with Gasteiger partial charge in [-0.2, -0.15) is 13.2 Å². The molecule has 1 aromatic carbocycles. The Balaban J connectivity index is 2.05. The second-order valence-electron chi connectivity index (χ2n) is 5.79. The molecular weight excluding hydrogens is 358 g/mol. The van der Waals surface area contributed by atoms with Crippen LogP contribution in [0.15, 0.2) is 22.7 Å². The van der Waals surface area contributed by atoms with Crippen LogP contribution < -0.4 is 0 Å². The van der Waals surface area contributed by atoms with E-state index in [0.29, 0.717) is 18.9 Å². The third-order valence-electron chi connectivity index (χ3n) is 3.90. The summed E-state index contributed by atoms with van der Waals surface area (Å²) in [5, 5.41) is 3.56. The Hall–Kier alpha value is -2.71. The summed E-state index contributed by atoms with van der Waals surface area (Å²) in [6.45, 7) is 1.57. The number of ketones is 1. The summed E-state index contributed by atoms with van der Waals surface area (Å²) in [6.07, 6.45) is -3.34. The zero-order chi connectivity index (χ0) is 19.1. The van der Waals surface area contributed by atoms with Crippen LogP contribution in [0.2, 0.25) is 0 Å². The minimum absolute atomic E-state index is 0.0206. The molecular formula is C17H13F4NO4. The van der Waals surface area contributed by atoms with Crippen molar-refractivity contribution in [1.82, 2.24) is 5.16 Å². The number of carbonyl (C=O) groups is 2. The Morgan fingerprint density at radius 2 is 2.00 bits per heavy atom. The average molecular weight is 371 g/mol. The molecule has 0 atom stereocenters. The molecule has 9 heteroatoms. The van der Waals surface area contributed by atoms with Crippen LogP contribution in [0, 0.1) is 5.82 Å². The Labute approximate surface area is 144 Å². The van der Waals surface area contributed by atoms with E-state index in [9.17, 15) is 27.2 Å². The third kappa shape index (κ3) is 3.33. The van der Waals surface area contributed by atoms with Gasteiger partial charge in [0, 0.05) is 5.92 Å². The summed E-state index contributed by atoms with van der Waals surface area (Å²) in [4.78, 5) is 24.7. The SMILES string of the molecule is CCOC(=O)c1noc(C2CC2)c1C(=O)c1ccc(C(F)(F)F)cc1F. The molecule has 1 heterocycles. The highest BCUT2D eigenvalue weighted by Crippen LogP contribution is 2.43. The number of nitrogens with zero attached hydrogens (tertiary/aromatic N) is 1. The topological polar surface area (TPSA) is 69.4 Å². The maximum Gasteiger partial charge on any atom is 0.416 e. The lowest BCUT2D eigenvalue weighted by molar-refractivity contribution is -0.137. The number of aromatic nitrogens is 1. The second-order valence-corrected chi connectivity index (χ2v) is 5.79. The molecule has 5 nitrogen and oxygen atoms in total. The Morgan fingerprint density at radius 3 is 2.54 bits per heavy atom. The van der Waals surface area contributed by atoms with Gasteiger partial charge in [-0.15, -0.1) is 0 Å². The molecule has 1 fully saturated rings. The fourth-order valence-corrected chi connectivity index (χ4v) is 2.50. The molecule has 1 saturated carbocycles. The number of benzene rings is 1. The minimum atomic E-state index is -4.74. The first-order valence-electron chi connectivity index (χ1n) is 7.82. The maximum atomic E-state index is 14.2. The highest BCUT2D eigenvalue weighted by molar-refractivity contribution is 6.14. The summed E-state index contributed by atoms with van der Waals surface area (Å²) in [5.74, 6) is -3.25. The van der Waals surface area contributed by atoms with E-state index in [0.717, 1.165) is 6.07 Å². The standard InChI is InChI=1S/C17H13F4NO4/c1-2-25-16(24)13-12(15(26-22-13)8-3-4-8)14(23)10-6-5-9(7-11(10)18)17(19,20)21/h5-8H,2-4H2,1H3. The van der Waals surface area contributed by atoms with Gasteiger partial charge in [-0.05, 0) is 38.0 Å².